The highest BCUT2D eigenvalue weighted by Gasteiger charge is 2.42. The molecule has 2 N–H and O–H groups in total. The van der Waals surface area contributed by atoms with E-state index in [1.54, 1.807) is 7.05 Å². The number of hydrogen-bond donors (Lipinski definition) is 1. The van der Waals surface area contributed by atoms with Gasteiger partial charge in [0.05, 0.1) is 7.05 Å². The Labute approximate surface area is 87.8 Å². The summed E-state index contributed by atoms with van der Waals surface area (Å²) in [6, 6.07) is 0. The second-order valence-electron chi connectivity index (χ2n) is 4.12. The summed E-state index contributed by atoms with van der Waals surface area (Å²) in [6.07, 6.45) is 3.81. The van der Waals surface area contributed by atoms with Crippen LogP contribution in [0.4, 0.5) is 0 Å². The van der Waals surface area contributed by atoms with Crippen LogP contribution in [-0.4, -0.2) is 32.5 Å². The third kappa shape index (κ3) is 1.65. The Morgan fingerprint density at radius 1 is 1.53 bits per heavy atom. The molecule has 0 amide bonds. The fourth-order valence-electron chi connectivity index (χ4n) is 2.19. The van der Waals surface area contributed by atoms with Crippen LogP contribution >= 0.6 is 0 Å². The molecule has 2 rings (SSSR count). The topological polar surface area (TPSA) is 86.7 Å². The monoisotopic (exact) mass is 209 g/mol. The summed E-state index contributed by atoms with van der Waals surface area (Å²) in [6.45, 7) is 0.379. The lowest BCUT2D eigenvalue weighted by atomic mass is 9.81. The number of carbonyl (C=O) groups is 1. The largest absolute Gasteiger partial charge is 0.329 e. The Bertz CT molecular complexity index is 366. The predicted molar refractivity (Wildman–Crippen MR) is 53.1 cm³/mol. The SMILES string of the molecule is Cn1nnc(C(=O)C2(CN)CCCC2)n1. The van der Waals surface area contributed by atoms with E-state index in [-0.39, 0.29) is 11.6 Å². The fraction of sp³-hybridized carbons (Fsp3) is 0.778. The molecule has 0 aromatic carbocycles. The first kappa shape index (κ1) is 10.2. The number of nitrogens with zero attached hydrogens (tertiary/aromatic N) is 4. The van der Waals surface area contributed by atoms with Gasteiger partial charge in [0.25, 0.3) is 0 Å². The van der Waals surface area contributed by atoms with Crippen LogP contribution in [0.25, 0.3) is 0 Å². The standard InChI is InChI=1S/C9H15N5O/c1-14-12-8(11-13-14)7(15)9(6-10)4-2-3-5-9/h2-6,10H2,1H3. The van der Waals surface area contributed by atoms with E-state index in [0.717, 1.165) is 25.7 Å². The Hall–Kier alpha value is -1.30. The van der Waals surface area contributed by atoms with Gasteiger partial charge < -0.3 is 5.73 Å². The Morgan fingerprint density at radius 2 is 2.20 bits per heavy atom. The molecule has 6 nitrogen and oxygen atoms in total. The van der Waals surface area contributed by atoms with Crippen molar-refractivity contribution >= 4 is 5.78 Å². The molecule has 1 aromatic rings. The van der Waals surface area contributed by atoms with E-state index < -0.39 is 5.41 Å². The first-order valence-corrected chi connectivity index (χ1v) is 5.17. The zero-order chi connectivity index (χ0) is 10.9. The molecule has 1 aliphatic rings. The summed E-state index contributed by atoms with van der Waals surface area (Å²) in [4.78, 5) is 13.5. The highest BCUT2D eigenvalue weighted by atomic mass is 16.1. The zero-order valence-electron chi connectivity index (χ0n) is 8.81. The van der Waals surface area contributed by atoms with Crippen molar-refractivity contribution in [1.82, 2.24) is 20.2 Å². The minimum atomic E-state index is -0.428. The first-order chi connectivity index (χ1) is 7.18. The smallest absolute Gasteiger partial charge is 0.241 e. The van der Waals surface area contributed by atoms with Crippen LogP contribution in [-0.2, 0) is 7.05 Å². The summed E-state index contributed by atoms with van der Waals surface area (Å²) in [5.74, 6) is 0.153. The highest BCUT2D eigenvalue weighted by molar-refractivity contribution is 5.97. The summed E-state index contributed by atoms with van der Waals surface area (Å²) in [7, 11) is 1.65. The molecule has 1 fully saturated rings. The molecule has 1 aromatic heterocycles. The predicted octanol–water partition coefficient (Wildman–Crippen LogP) is -0.0881. The Balaban J connectivity index is 2.26. The lowest BCUT2D eigenvalue weighted by Gasteiger charge is -2.23. The summed E-state index contributed by atoms with van der Waals surface area (Å²) in [5, 5.41) is 11.4. The molecule has 6 heteroatoms. The van der Waals surface area contributed by atoms with Crippen molar-refractivity contribution < 1.29 is 4.79 Å². The molecule has 82 valence electrons. The van der Waals surface area contributed by atoms with Gasteiger partial charge in [-0.2, -0.15) is 4.80 Å². The van der Waals surface area contributed by atoms with Gasteiger partial charge in [-0.3, -0.25) is 4.79 Å². The van der Waals surface area contributed by atoms with Gasteiger partial charge >= 0.3 is 0 Å². The van der Waals surface area contributed by atoms with Gasteiger partial charge in [-0.05, 0) is 18.1 Å². The van der Waals surface area contributed by atoms with Crippen LogP contribution in [0.1, 0.15) is 36.3 Å². The van der Waals surface area contributed by atoms with Gasteiger partial charge in [-0.15, -0.1) is 10.2 Å². The summed E-state index contributed by atoms with van der Waals surface area (Å²) in [5.41, 5.74) is 5.28. The van der Waals surface area contributed by atoms with E-state index in [1.807, 2.05) is 0 Å². The van der Waals surface area contributed by atoms with Gasteiger partial charge in [0.15, 0.2) is 0 Å². The summed E-state index contributed by atoms with van der Waals surface area (Å²) < 4.78 is 0. The maximum absolute atomic E-state index is 12.2. The number of Topliss-reactive ketones (excluding diaryl/α,β-unsaturated/α-hetero) is 1. The number of hydrogen-bond acceptors (Lipinski definition) is 5. The van der Waals surface area contributed by atoms with E-state index in [2.05, 4.69) is 15.4 Å². The van der Waals surface area contributed by atoms with Crippen LogP contribution in [0, 0.1) is 5.41 Å². The molecule has 15 heavy (non-hydrogen) atoms. The number of aromatic nitrogens is 4. The van der Waals surface area contributed by atoms with Crippen molar-refractivity contribution in [2.75, 3.05) is 6.54 Å². The van der Waals surface area contributed by atoms with E-state index in [0.29, 0.717) is 6.54 Å². The van der Waals surface area contributed by atoms with Gasteiger partial charge in [-0.25, -0.2) is 0 Å². The molecule has 1 heterocycles. The molecule has 0 aliphatic heterocycles. The first-order valence-electron chi connectivity index (χ1n) is 5.17. The number of carbonyl (C=O) groups excluding carboxylic acids is 1. The maximum atomic E-state index is 12.2. The van der Waals surface area contributed by atoms with Crippen LogP contribution in [0.5, 0.6) is 0 Å². The maximum Gasteiger partial charge on any atom is 0.241 e. The lowest BCUT2D eigenvalue weighted by molar-refractivity contribution is 0.0797. The van der Waals surface area contributed by atoms with Gasteiger partial charge in [0, 0.05) is 12.0 Å². The molecule has 0 atom stereocenters. The molecule has 0 bridgehead atoms. The van der Waals surface area contributed by atoms with Crippen LogP contribution in [0.2, 0.25) is 0 Å². The minimum absolute atomic E-state index is 0.0457. The molecular formula is C9H15N5O. The number of aryl methyl sites for hydroxylation is 1. The van der Waals surface area contributed by atoms with Gasteiger partial charge in [-0.1, -0.05) is 12.8 Å². The van der Waals surface area contributed by atoms with Crippen LogP contribution in [0.3, 0.4) is 0 Å². The van der Waals surface area contributed by atoms with E-state index in [9.17, 15) is 4.79 Å². The molecule has 0 radical (unpaired) electrons. The van der Waals surface area contributed by atoms with Crippen LogP contribution < -0.4 is 5.73 Å². The third-order valence-electron chi connectivity index (χ3n) is 3.14. The van der Waals surface area contributed by atoms with Crippen molar-refractivity contribution in [2.24, 2.45) is 18.2 Å². The number of ketones is 1. The second kappa shape index (κ2) is 3.69. The van der Waals surface area contributed by atoms with Gasteiger partial charge in [0.1, 0.15) is 0 Å². The van der Waals surface area contributed by atoms with Crippen LogP contribution in [0.15, 0.2) is 0 Å². The Morgan fingerprint density at radius 3 is 2.67 bits per heavy atom. The van der Waals surface area contributed by atoms with E-state index in [4.69, 9.17) is 5.73 Å². The highest BCUT2D eigenvalue weighted by Crippen LogP contribution is 2.39. The van der Waals surface area contributed by atoms with Crippen molar-refractivity contribution in [1.29, 1.82) is 0 Å². The van der Waals surface area contributed by atoms with Crippen molar-refractivity contribution in [2.45, 2.75) is 25.7 Å². The summed E-state index contributed by atoms with van der Waals surface area (Å²) >= 11 is 0. The molecule has 0 spiro atoms. The van der Waals surface area contributed by atoms with E-state index in [1.165, 1.54) is 4.80 Å². The minimum Gasteiger partial charge on any atom is -0.329 e. The normalized spacial score (nSPS) is 19.3. The molecule has 0 saturated heterocycles. The average molecular weight is 209 g/mol. The van der Waals surface area contributed by atoms with Gasteiger partial charge in [0.2, 0.25) is 11.6 Å². The molecule has 1 aliphatic carbocycles. The van der Waals surface area contributed by atoms with Crippen molar-refractivity contribution in [3.05, 3.63) is 5.82 Å². The second-order valence-corrected chi connectivity index (χ2v) is 4.12. The quantitative estimate of drug-likeness (QED) is 0.703. The zero-order valence-corrected chi connectivity index (χ0v) is 8.81. The molecular weight excluding hydrogens is 194 g/mol. The lowest BCUT2D eigenvalue weighted by Crippen LogP contribution is -2.36. The molecule has 1 saturated carbocycles. The van der Waals surface area contributed by atoms with Crippen molar-refractivity contribution in [3.8, 4) is 0 Å². The average Bonchev–Trinajstić information content (AvgIpc) is 2.86. The third-order valence-corrected chi connectivity index (χ3v) is 3.14. The number of tetrazole rings is 1. The fourth-order valence-corrected chi connectivity index (χ4v) is 2.19. The van der Waals surface area contributed by atoms with Crippen molar-refractivity contribution in [3.63, 3.8) is 0 Å². The number of nitrogens with two attached hydrogens (primary N) is 1. The molecule has 0 unspecified atom stereocenters. The Kier molecular flexibility index (Phi) is 2.52. The van der Waals surface area contributed by atoms with E-state index >= 15 is 0 Å². The number of rotatable bonds is 3.